The molecule has 0 fully saturated rings. The van der Waals surface area contributed by atoms with Crippen molar-refractivity contribution < 1.29 is 0 Å². The Morgan fingerprint density at radius 3 is 2.19 bits per heavy atom. The van der Waals surface area contributed by atoms with Crippen molar-refractivity contribution in [3.8, 4) is 0 Å². The van der Waals surface area contributed by atoms with Crippen LogP contribution in [0, 0.1) is 20.8 Å². The normalized spacial score (nSPS) is 11.9. The summed E-state index contributed by atoms with van der Waals surface area (Å²) in [6.45, 7) is 12.1. The second kappa shape index (κ2) is 5.33. The lowest BCUT2D eigenvalue weighted by Gasteiger charge is -2.28. The van der Waals surface area contributed by atoms with Crippen molar-refractivity contribution >= 4 is 15.9 Å². The molecule has 1 rings (SSSR count). The van der Waals surface area contributed by atoms with Gasteiger partial charge in [-0.1, -0.05) is 41.9 Å². The summed E-state index contributed by atoms with van der Waals surface area (Å²) in [5.41, 5.74) is 6.63. The number of rotatable bonds is 4. The van der Waals surface area contributed by atoms with Crippen molar-refractivity contribution in [2.75, 3.05) is 12.0 Å². The zero-order valence-electron chi connectivity index (χ0n) is 10.9. The number of alkyl halides is 1. The monoisotopic (exact) mass is 283 g/mol. The number of benzene rings is 1. The summed E-state index contributed by atoms with van der Waals surface area (Å²) in [6.07, 6.45) is 0. The summed E-state index contributed by atoms with van der Waals surface area (Å²) < 4.78 is 0. The average Bonchev–Trinajstić information content (AvgIpc) is 2.20. The Morgan fingerprint density at radius 2 is 1.62 bits per heavy atom. The number of hydrogen-bond donors (Lipinski definition) is 1. The van der Waals surface area contributed by atoms with Crippen LogP contribution in [0.1, 0.15) is 36.1 Å². The Balaban J connectivity index is 3.07. The molecular weight excluding hydrogens is 262 g/mol. The fraction of sp³-hybridized carbons (Fsp3) is 0.571. The van der Waals surface area contributed by atoms with Crippen LogP contribution in [0.15, 0.2) is 12.1 Å². The van der Waals surface area contributed by atoms with E-state index >= 15 is 0 Å². The zero-order chi connectivity index (χ0) is 12.3. The van der Waals surface area contributed by atoms with Gasteiger partial charge in [0.05, 0.1) is 5.45 Å². The quantitative estimate of drug-likeness (QED) is 0.654. The molecule has 0 heterocycles. The van der Waals surface area contributed by atoms with E-state index in [1.807, 2.05) is 0 Å². The molecule has 0 radical (unpaired) electrons. The highest BCUT2D eigenvalue weighted by molar-refractivity contribution is 9.09. The van der Waals surface area contributed by atoms with Gasteiger partial charge in [-0.05, 0) is 43.0 Å². The minimum absolute atomic E-state index is 0.177. The molecule has 0 spiro atoms. The summed E-state index contributed by atoms with van der Waals surface area (Å²) >= 11 is 3.41. The van der Waals surface area contributed by atoms with Crippen molar-refractivity contribution in [1.82, 2.24) is 5.32 Å². The second-order valence-electron chi connectivity index (χ2n) is 5.20. The van der Waals surface area contributed by atoms with Gasteiger partial charge in [0.2, 0.25) is 0 Å². The van der Waals surface area contributed by atoms with Crippen LogP contribution in [-0.4, -0.2) is 12.0 Å². The molecular formula is C14H22BrN. The molecule has 1 nitrogen and oxygen atoms in total. The van der Waals surface area contributed by atoms with E-state index in [0.29, 0.717) is 0 Å². The molecule has 0 aliphatic rings. The van der Waals surface area contributed by atoms with Crippen molar-refractivity contribution in [2.24, 2.45) is 0 Å². The van der Waals surface area contributed by atoms with E-state index < -0.39 is 0 Å². The summed E-state index contributed by atoms with van der Waals surface area (Å²) in [5.74, 6) is 0. The predicted molar refractivity (Wildman–Crippen MR) is 75.5 cm³/mol. The topological polar surface area (TPSA) is 12.0 Å². The van der Waals surface area contributed by atoms with Gasteiger partial charge in [-0.15, -0.1) is 0 Å². The SMILES string of the molecule is Cc1cc(C)c(C(C)(C)CNCBr)cc1C. The lowest BCUT2D eigenvalue weighted by molar-refractivity contribution is 0.488. The second-order valence-corrected chi connectivity index (χ2v) is 5.76. The summed E-state index contributed by atoms with van der Waals surface area (Å²) in [6, 6.07) is 4.63. The van der Waals surface area contributed by atoms with Gasteiger partial charge in [-0.2, -0.15) is 0 Å². The van der Waals surface area contributed by atoms with E-state index in [0.717, 1.165) is 12.0 Å². The van der Waals surface area contributed by atoms with E-state index in [4.69, 9.17) is 0 Å². The van der Waals surface area contributed by atoms with Crippen LogP contribution in [0.5, 0.6) is 0 Å². The highest BCUT2D eigenvalue weighted by atomic mass is 79.9. The molecule has 0 bridgehead atoms. The van der Waals surface area contributed by atoms with Crippen LogP contribution in [0.25, 0.3) is 0 Å². The van der Waals surface area contributed by atoms with Gasteiger partial charge in [0, 0.05) is 12.0 Å². The summed E-state index contributed by atoms with van der Waals surface area (Å²) in [7, 11) is 0. The van der Waals surface area contributed by atoms with Crippen LogP contribution in [0.2, 0.25) is 0 Å². The molecule has 1 N–H and O–H groups in total. The van der Waals surface area contributed by atoms with Gasteiger partial charge in [-0.25, -0.2) is 0 Å². The van der Waals surface area contributed by atoms with Crippen LogP contribution in [-0.2, 0) is 5.41 Å². The minimum atomic E-state index is 0.177. The number of aryl methyl sites for hydroxylation is 3. The maximum Gasteiger partial charge on any atom is 0.0517 e. The fourth-order valence-electron chi connectivity index (χ4n) is 2.14. The molecule has 0 saturated heterocycles. The lowest BCUT2D eigenvalue weighted by Crippen LogP contribution is -2.33. The molecule has 0 atom stereocenters. The van der Waals surface area contributed by atoms with E-state index in [2.05, 4.69) is 68.0 Å². The molecule has 0 aliphatic carbocycles. The van der Waals surface area contributed by atoms with Gasteiger partial charge in [-0.3, -0.25) is 0 Å². The first-order chi connectivity index (χ1) is 7.38. The van der Waals surface area contributed by atoms with Gasteiger partial charge >= 0.3 is 0 Å². The van der Waals surface area contributed by atoms with Crippen molar-refractivity contribution in [3.05, 3.63) is 34.4 Å². The van der Waals surface area contributed by atoms with Gasteiger partial charge in [0.25, 0.3) is 0 Å². The largest absolute Gasteiger partial charge is 0.306 e. The highest BCUT2D eigenvalue weighted by Gasteiger charge is 2.22. The third-order valence-electron chi connectivity index (χ3n) is 3.23. The fourth-order valence-corrected chi connectivity index (χ4v) is 2.34. The summed E-state index contributed by atoms with van der Waals surface area (Å²) in [4.78, 5) is 0. The maximum atomic E-state index is 3.41. The van der Waals surface area contributed by atoms with Crippen LogP contribution < -0.4 is 5.32 Å². The van der Waals surface area contributed by atoms with Crippen molar-refractivity contribution in [1.29, 1.82) is 0 Å². The first-order valence-corrected chi connectivity index (χ1v) is 6.85. The molecule has 2 heteroatoms. The summed E-state index contributed by atoms with van der Waals surface area (Å²) in [5, 5.41) is 3.36. The predicted octanol–water partition coefficient (Wildman–Crippen LogP) is 3.83. The Hall–Kier alpha value is -0.340. The van der Waals surface area contributed by atoms with Crippen LogP contribution in [0.3, 0.4) is 0 Å². The Labute approximate surface area is 108 Å². The van der Waals surface area contributed by atoms with Crippen LogP contribution in [0.4, 0.5) is 0 Å². The first-order valence-electron chi connectivity index (χ1n) is 5.73. The first kappa shape index (κ1) is 13.7. The van der Waals surface area contributed by atoms with Crippen molar-refractivity contribution in [3.63, 3.8) is 0 Å². The number of hydrogen-bond acceptors (Lipinski definition) is 1. The third kappa shape index (κ3) is 3.08. The van der Waals surface area contributed by atoms with Gasteiger partial charge in [0.1, 0.15) is 0 Å². The maximum absolute atomic E-state index is 3.41. The molecule has 0 aliphatic heterocycles. The smallest absolute Gasteiger partial charge is 0.0517 e. The van der Waals surface area contributed by atoms with E-state index in [-0.39, 0.29) is 5.41 Å². The van der Waals surface area contributed by atoms with Gasteiger partial charge in [0.15, 0.2) is 0 Å². The van der Waals surface area contributed by atoms with Gasteiger partial charge < -0.3 is 5.32 Å². The Morgan fingerprint density at radius 1 is 1.06 bits per heavy atom. The molecule has 1 aromatic rings. The number of nitrogens with one attached hydrogen (secondary N) is 1. The molecule has 1 aromatic carbocycles. The third-order valence-corrected chi connectivity index (χ3v) is 3.63. The number of halogens is 1. The average molecular weight is 284 g/mol. The standard InChI is InChI=1S/C14H22BrN/c1-10-6-12(3)13(7-11(10)2)14(4,5)8-16-9-15/h6-7,16H,8-9H2,1-5H3. The van der Waals surface area contributed by atoms with E-state index in [1.165, 1.54) is 22.3 Å². The molecule has 0 unspecified atom stereocenters. The molecule has 0 saturated carbocycles. The Bertz CT molecular complexity index is 369. The van der Waals surface area contributed by atoms with Crippen LogP contribution >= 0.6 is 15.9 Å². The van der Waals surface area contributed by atoms with Crippen molar-refractivity contribution in [2.45, 2.75) is 40.0 Å². The minimum Gasteiger partial charge on any atom is -0.306 e. The zero-order valence-corrected chi connectivity index (χ0v) is 12.5. The molecule has 90 valence electrons. The molecule has 16 heavy (non-hydrogen) atoms. The van der Waals surface area contributed by atoms with E-state index in [9.17, 15) is 0 Å². The lowest BCUT2D eigenvalue weighted by atomic mass is 9.80. The molecule has 0 amide bonds. The Kier molecular flexibility index (Phi) is 4.57. The highest BCUT2D eigenvalue weighted by Crippen LogP contribution is 2.28. The molecule has 0 aromatic heterocycles. The van der Waals surface area contributed by atoms with E-state index in [1.54, 1.807) is 0 Å².